The van der Waals surface area contributed by atoms with Crippen LogP contribution in [0.5, 0.6) is 0 Å². The molecule has 0 fully saturated rings. The molecule has 1 aromatic heterocycles. The lowest BCUT2D eigenvalue weighted by atomic mass is 9.99. The summed E-state index contributed by atoms with van der Waals surface area (Å²) in [6, 6.07) is 12.1. The van der Waals surface area contributed by atoms with Crippen molar-refractivity contribution in [3.05, 3.63) is 71.1 Å². The van der Waals surface area contributed by atoms with Crippen molar-refractivity contribution < 1.29 is 0 Å². The molecule has 3 nitrogen and oxygen atoms in total. The molecule has 0 amide bonds. The Morgan fingerprint density at radius 1 is 1.05 bits per heavy atom. The number of nitrogens with two attached hydrogens (primary N) is 1. The Morgan fingerprint density at radius 2 is 1.84 bits per heavy atom. The lowest BCUT2D eigenvalue weighted by Crippen LogP contribution is -2.09. The Labute approximate surface area is 112 Å². The molecule has 0 atom stereocenters. The van der Waals surface area contributed by atoms with E-state index in [2.05, 4.69) is 16.0 Å². The molecule has 2 aromatic rings. The molecule has 3 rings (SSSR count). The molecule has 1 aliphatic rings. The molecular formula is C16H15N3. The van der Waals surface area contributed by atoms with E-state index in [0.29, 0.717) is 6.54 Å². The molecule has 0 unspecified atom stereocenters. The van der Waals surface area contributed by atoms with Gasteiger partial charge in [-0.25, -0.2) is 0 Å². The fourth-order valence-corrected chi connectivity index (χ4v) is 2.20. The predicted octanol–water partition coefficient (Wildman–Crippen LogP) is 2.54. The van der Waals surface area contributed by atoms with Gasteiger partial charge in [0.05, 0.1) is 18.0 Å². The van der Waals surface area contributed by atoms with Crippen molar-refractivity contribution in [2.75, 3.05) is 6.54 Å². The summed E-state index contributed by atoms with van der Waals surface area (Å²) in [5.41, 5.74) is 11.9. The molecule has 2 N–H and O–H groups in total. The van der Waals surface area contributed by atoms with Crippen LogP contribution in [-0.4, -0.2) is 17.2 Å². The molecule has 1 aliphatic heterocycles. The van der Waals surface area contributed by atoms with Gasteiger partial charge in [0.1, 0.15) is 0 Å². The molecule has 0 aliphatic carbocycles. The Balaban J connectivity index is 2.16. The van der Waals surface area contributed by atoms with Crippen molar-refractivity contribution >= 4 is 11.4 Å². The average Bonchev–Trinajstić information content (AvgIpc) is 2.60. The fourth-order valence-electron chi connectivity index (χ4n) is 2.20. The molecule has 1 aromatic carbocycles. The lowest BCUT2D eigenvalue weighted by Gasteiger charge is -2.10. The maximum absolute atomic E-state index is 6.08. The fraction of sp³-hybridized carbons (Fsp3) is 0.125. The van der Waals surface area contributed by atoms with Gasteiger partial charge in [-0.1, -0.05) is 30.3 Å². The molecule has 19 heavy (non-hydrogen) atoms. The van der Waals surface area contributed by atoms with Gasteiger partial charge in [-0.05, 0) is 24.6 Å². The first-order valence-corrected chi connectivity index (χ1v) is 6.28. The van der Waals surface area contributed by atoms with Gasteiger partial charge in [-0.3, -0.25) is 9.98 Å². The summed E-state index contributed by atoms with van der Waals surface area (Å²) in [5.74, 6) is 0. The minimum absolute atomic E-state index is 0.589. The number of aryl methyl sites for hydroxylation is 1. The maximum atomic E-state index is 6.08. The maximum Gasteiger partial charge on any atom is 0.0913 e. The number of aromatic nitrogens is 1. The van der Waals surface area contributed by atoms with Crippen LogP contribution in [-0.2, 0) is 0 Å². The van der Waals surface area contributed by atoms with Crippen molar-refractivity contribution in [2.45, 2.75) is 6.92 Å². The summed E-state index contributed by atoms with van der Waals surface area (Å²) in [5, 5.41) is 0. The van der Waals surface area contributed by atoms with Crippen LogP contribution in [0.25, 0.3) is 5.70 Å². The van der Waals surface area contributed by atoms with Crippen LogP contribution in [0.15, 0.2) is 53.7 Å². The number of fused-ring (bicyclic) bond motifs is 1. The van der Waals surface area contributed by atoms with E-state index in [9.17, 15) is 0 Å². The van der Waals surface area contributed by atoms with Crippen molar-refractivity contribution in [3.63, 3.8) is 0 Å². The smallest absolute Gasteiger partial charge is 0.0913 e. The van der Waals surface area contributed by atoms with E-state index < -0.39 is 0 Å². The van der Waals surface area contributed by atoms with E-state index in [4.69, 9.17) is 5.73 Å². The van der Waals surface area contributed by atoms with Crippen LogP contribution >= 0.6 is 0 Å². The van der Waals surface area contributed by atoms with Crippen molar-refractivity contribution in [1.29, 1.82) is 0 Å². The van der Waals surface area contributed by atoms with Crippen LogP contribution in [0.2, 0.25) is 0 Å². The Kier molecular flexibility index (Phi) is 2.88. The van der Waals surface area contributed by atoms with Gasteiger partial charge in [0.25, 0.3) is 0 Å². The summed E-state index contributed by atoms with van der Waals surface area (Å²) < 4.78 is 0. The molecule has 3 heteroatoms. The van der Waals surface area contributed by atoms with E-state index in [0.717, 1.165) is 33.8 Å². The Morgan fingerprint density at radius 3 is 2.58 bits per heavy atom. The molecule has 0 radical (unpaired) electrons. The highest BCUT2D eigenvalue weighted by atomic mass is 14.8. The van der Waals surface area contributed by atoms with Crippen LogP contribution < -0.4 is 5.73 Å². The summed E-state index contributed by atoms with van der Waals surface area (Å²) in [7, 11) is 0. The first-order chi connectivity index (χ1) is 9.25. The van der Waals surface area contributed by atoms with Crippen molar-refractivity contribution in [3.8, 4) is 0 Å². The SMILES string of the molecule is Cc1ccc(C2=NCC=C(N)c3ccccc32)nc1. The first-order valence-electron chi connectivity index (χ1n) is 6.28. The molecule has 0 saturated heterocycles. The molecule has 94 valence electrons. The zero-order valence-electron chi connectivity index (χ0n) is 10.8. The van der Waals surface area contributed by atoms with Gasteiger partial charge in [0, 0.05) is 23.0 Å². The van der Waals surface area contributed by atoms with Gasteiger partial charge in [-0.2, -0.15) is 0 Å². The van der Waals surface area contributed by atoms with Crippen LogP contribution in [0.4, 0.5) is 0 Å². The predicted molar refractivity (Wildman–Crippen MR) is 78.1 cm³/mol. The van der Waals surface area contributed by atoms with Crippen LogP contribution in [0.3, 0.4) is 0 Å². The highest BCUT2D eigenvalue weighted by Gasteiger charge is 2.15. The summed E-state index contributed by atoms with van der Waals surface area (Å²) in [6.07, 6.45) is 3.81. The highest BCUT2D eigenvalue weighted by Crippen LogP contribution is 2.21. The monoisotopic (exact) mass is 249 g/mol. The van der Waals surface area contributed by atoms with Crippen LogP contribution in [0.1, 0.15) is 22.4 Å². The number of hydrogen-bond acceptors (Lipinski definition) is 3. The second kappa shape index (κ2) is 4.69. The van der Waals surface area contributed by atoms with Gasteiger partial charge in [0.2, 0.25) is 0 Å². The minimum atomic E-state index is 0.589. The normalized spacial score (nSPS) is 14.2. The summed E-state index contributed by atoms with van der Waals surface area (Å²) in [4.78, 5) is 9.09. The zero-order valence-corrected chi connectivity index (χ0v) is 10.8. The van der Waals surface area contributed by atoms with Crippen molar-refractivity contribution in [2.24, 2.45) is 10.7 Å². The third-order valence-corrected chi connectivity index (χ3v) is 3.21. The number of nitrogens with zero attached hydrogens (tertiary/aromatic N) is 2. The standard InChI is InChI=1S/C16H15N3/c1-11-6-7-15(19-10-11)16-13-5-3-2-4-12(13)14(17)8-9-18-16/h2-8,10H,9,17H2,1H3. The third kappa shape index (κ3) is 2.15. The minimum Gasteiger partial charge on any atom is -0.398 e. The van der Waals surface area contributed by atoms with E-state index in [1.165, 1.54) is 0 Å². The topological polar surface area (TPSA) is 51.3 Å². The number of benzene rings is 1. The third-order valence-electron chi connectivity index (χ3n) is 3.21. The van der Waals surface area contributed by atoms with E-state index in [-0.39, 0.29) is 0 Å². The number of rotatable bonds is 1. The van der Waals surface area contributed by atoms with Gasteiger partial charge in [0.15, 0.2) is 0 Å². The quantitative estimate of drug-likeness (QED) is 0.844. The summed E-state index contributed by atoms with van der Waals surface area (Å²) >= 11 is 0. The molecule has 0 saturated carbocycles. The number of pyridine rings is 1. The van der Waals surface area contributed by atoms with E-state index in [1.54, 1.807) is 0 Å². The average molecular weight is 249 g/mol. The molecule has 0 bridgehead atoms. The molecular weight excluding hydrogens is 234 g/mol. The number of aliphatic imine (C=N–C) groups is 1. The lowest BCUT2D eigenvalue weighted by molar-refractivity contribution is 1.20. The van der Waals surface area contributed by atoms with E-state index in [1.807, 2.05) is 49.5 Å². The number of hydrogen-bond donors (Lipinski definition) is 1. The van der Waals surface area contributed by atoms with Gasteiger partial charge < -0.3 is 5.73 Å². The highest BCUT2D eigenvalue weighted by molar-refractivity contribution is 6.14. The van der Waals surface area contributed by atoms with Crippen LogP contribution in [0, 0.1) is 6.92 Å². The van der Waals surface area contributed by atoms with Crippen molar-refractivity contribution in [1.82, 2.24) is 4.98 Å². The van der Waals surface area contributed by atoms with Gasteiger partial charge in [-0.15, -0.1) is 0 Å². The Hall–Kier alpha value is -2.42. The molecule has 2 heterocycles. The van der Waals surface area contributed by atoms with Gasteiger partial charge >= 0.3 is 0 Å². The zero-order chi connectivity index (χ0) is 13.2. The first kappa shape index (κ1) is 11.7. The Bertz CT molecular complexity index is 667. The molecule has 0 spiro atoms. The second-order valence-electron chi connectivity index (χ2n) is 4.62. The van der Waals surface area contributed by atoms with E-state index >= 15 is 0 Å². The second-order valence-corrected chi connectivity index (χ2v) is 4.62. The largest absolute Gasteiger partial charge is 0.398 e. The summed E-state index contributed by atoms with van der Waals surface area (Å²) in [6.45, 7) is 2.62.